The minimum atomic E-state index is -3.37. The van der Waals surface area contributed by atoms with Gasteiger partial charge in [0.1, 0.15) is 0 Å². The van der Waals surface area contributed by atoms with Crippen LogP contribution in [0.1, 0.15) is 36.7 Å². The molecule has 2 rings (SSSR count). The highest BCUT2D eigenvalue weighted by Gasteiger charge is 2.19. The Morgan fingerprint density at radius 1 is 0.963 bits per heavy atom. The van der Waals surface area contributed by atoms with Crippen molar-refractivity contribution in [2.45, 2.75) is 37.3 Å². The van der Waals surface area contributed by atoms with E-state index in [0.717, 1.165) is 5.56 Å². The summed E-state index contributed by atoms with van der Waals surface area (Å²) < 4.78 is 24.2. The van der Waals surface area contributed by atoms with E-state index in [0.29, 0.717) is 17.7 Å². The van der Waals surface area contributed by atoms with E-state index in [-0.39, 0.29) is 10.8 Å². The lowest BCUT2D eigenvalue weighted by Gasteiger charge is -2.10. The normalized spacial score (nSPS) is 12.6. The molecule has 144 valence electrons. The Bertz CT molecular complexity index is 916. The van der Waals surface area contributed by atoms with Crippen molar-refractivity contribution in [3.63, 3.8) is 0 Å². The lowest BCUT2D eigenvalue weighted by molar-refractivity contribution is -0.141. The highest BCUT2D eigenvalue weighted by molar-refractivity contribution is 7.92. The Balaban J connectivity index is 2.06. The average molecular weight is 389 g/mol. The highest BCUT2D eigenvalue weighted by atomic mass is 32.2. The van der Waals surface area contributed by atoms with Crippen LogP contribution in [0.2, 0.25) is 0 Å². The zero-order valence-electron chi connectivity index (χ0n) is 15.5. The molecule has 6 nitrogen and oxygen atoms in total. The van der Waals surface area contributed by atoms with Crippen LogP contribution < -0.4 is 5.32 Å². The van der Waals surface area contributed by atoms with Gasteiger partial charge < -0.3 is 10.4 Å². The Labute approximate surface area is 159 Å². The fourth-order valence-corrected chi connectivity index (χ4v) is 3.50. The second-order valence-electron chi connectivity index (χ2n) is 6.71. The quantitative estimate of drug-likeness (QED) is 0.756. The van der Waals surface area contributed by atoms with Crippen molar-refractivity contribution in [3.8, 4) is 0 Å². The second-order valence-corrected chi connectivity index (χ2v) is 9.22. The first-order valence-electron chi connectivity index (χ1n) is 8.58. The van der Waals surface area contributed by atoms with Gasteiger partial charge in [0.2, 0.25) is 0 Å². The number of carboxylic acid groups (broad SMARTS) is 1. The standard InChI is InChI=1S/C20H23NO5S/c1-13(2)27(25,26)18-10-6-16(7-11-18)19(22)21-17-8-4-15(5-9-17)12-14(3)20(23)24/h4-11,13-14H,12H2,1-3H3,(H,21,22)(H,23,24). The number of benzene rings is 2. The van der Waals surface area contributed by atoms with E-state index in [1.807, 2.05) is 0 Å². The van der Waals surface area contributed by atoms with Gasteiger partial charge >= 0.3 is 5.97 Å². The van der Waals surface area contributed by atoms with Gasteiger partial charge in [-0.3, -0.25) is 9.59 Å². The second kappa shape index (κ2) is 8.35. The monoisotopic (exact) mass is 389 g/mol. The topological polar surface area (TPSA) is 101 Å². The van der Waals surface area contributed by atoms with Gasteiger partial charge in [-0.25, -0.2) is 8.42 Å². The molecule has 0 aromatic heterocycles. The van der Waals surface area contributed by atoms with Crippen LogP contribution in [-0.2, 0) is 21.1 Å². The summed E-state index contributed by atoms with van der Waals surface area (Å²) in [5, 5.41) is 11.2. The largest absolute Gasteiger partial charge is 0.481 e. The van der Waals surface area contributed by atoms with Crippen LogP contribution in [-0.4, -0.2) is 30.7 Å². The fourth-order valence-electron chi connectivity index (χ4n) is 2.44. The molecule has 7 heteroatoms. The maximum absolute atomic E-state index is 12.3. The summed E-state index contributed by atoms with van der Waals surface area (Å²) in [6.45, 7) is 4.86. The molecule has 27 heavy (non-hydrogen) atoms. The van der Waals surface area contributed by atoms with Crippen LogP contribution in [0.3, 0.4) is 0 Å². The third-order valence-electron chi connectivity index (χ3n) is 4.24. The maximum atomic E-state index is 12.3. The predicted octanol–water partition coefficient (Wildman–Crippen LogP) is 3.38. The van der Waals surface area contributed by atoms with Gasteiger partial charge in [-0.15, -0.1) is 0 Å². The number of anilines is 1. The molecule has 0 saturated heterocycles. The van der Waals surface area contributed by atoms with Crippen LogP contribution >= 0.6 is 0 Å². The summed E-state index contributed by atoms with van der Waals surface area (Å²) in [4.78, 5) is 23.4. The van der Waals surface area contributed by atoms with Crippen molar-refractivity contribution >= 4 is 27.4 Å². The predicted molar refractivity (Wildman–Crippen MR) is 104 cm³/mol. The Hall–Kier alpha value is -2.67. The number of rotatable bonds is 7. The van der Waals surface area contributed by atoms with Gasteiger partial charge in [-0.05, 0) is 62.2 Å². The van der Waals surface area contributed by atoms with Crippen LogP contribution in [0.5, 0.6) is 0 Å². The number of carbonyl (C=O) groups excluding carboxylic acids is 1. The molecule has 0 aliphatic heterocycles. The molecular weight excluding hydrogens is 366 g/mol. The van der Waals surface area contributed by atoms with E-state index in [1.54, 1.807) is 45.0 Å². The molecule has 2 aromatic carbocycles. The Morgan fingerprint density at radius 3 is 2.00 bits per heavy atom. The van der Waals surface area contributed by atoms with Crippen LogP contribution in [0, 0.1) is 5.92 Å². The third kappa shape index (κ3) is 5.17. The fraction of sp³-hybridized carbons (Fsp3) is 0.300. The molecular formula is C20H23NO5S. The average Bonchev–Trinajstić information content (AvgIpc) is 2.63. The molecule has 1 atom stereocenters. The number of hydrogen-bond donors (Lipinski definition) is 2. The van der Waals surface area contributed by atoms with Gasteiger partial charge in [0, 0.05) is 11.3 Å². The van der Waals surface area contributed by atoms with Gasteiger partial charge in [-0.2, -0.15) is 0 Å². The molecule has 0 heterocycles. The lowest BCUT2D eigenvalue weighted by atomic mass is 10.0. The highest BCUT2D eigenvalue weighted by Crippen LogP contribution is 2.18. The summed E-state index contributed by atoms with van der Waals surface area (Å²) in [7, 11) is -3.37. The number of aliphatic carboxylic acids is 1. The molecule has 2 aromatic rings. The molecule has 0 saturated carbocycles. The van der Waals surface area contributed by atoms with Crippen molar-refractivity contribution in [3.05, 3.63) is 59.7 Å². The molecule has 0 aliphatic rings. The minimum Gasteiger partial charge on any atom is -0.481 e. The number of carboxylic acids is 1. The number of sulfone groups is 1. The maximum Gasteiger partial charge on any atom is 0.306 e. The SMILES string of the molecule is CC(Cc1ccc(NC(=O)c2ccc(S(=O)(=O)C(C)C)cc2)cc1)C(=O)O. The van der Waals surface area contributed by atoms with E-state index in [4.69, 9.17) is 5.11 Å². The van der Waals surface area contributed by atoms with E-state index in [1.165, 1.54) is 24.3 Å². The Morgan fingerprint density at radius 2 is 1.52 bits per heavy atom. The van der Waals surface area contributed by atoms with Crippen molar-refractivity contribution in [1.82, 2.24) is 0 Å². The minimum absolute atomic E-state index is 0.186. The molecule has 0 spiro atoms. The van der Waals surface area contributed by atoms with Gasteiger partial charge in [-0.1, -0.05) is 19.1 Å². The van der Waals surface area contributed by atoms with Gasteiger partial charge in [0.05, 0.1) is 16.1 Å². The van der Waals surface area contributed by atoms with Crippen LogP contribution in [0.4, 0.5) is 5.69 Å². The van der Waals surface area contributed by atoms with E-state index >= 15 is 0 Å². The lowest BCUT2D eigenvalue weighted by Crippen LogP contribution is -2.15. The van der Waals surface area contributed by atoms with E-state index in [9.17, 15) is 18.0 Å². The summed E-state index contributed by atoms with van der Waals surface area (Å²) >= 11 is 0. The first-order chi connectivity index (χ1) is 12.6. The van der Waals surface area contributed by atoms with E-state index in [2.05, 4.69) is 5.32 Å². The first-order valence-corrected chi connectivity index (χ1v) is 10.1. The van der Waals surface area contributed by atoms with Gasteiger partial charge in [0.25, 0.3) is 5.91 Å². The third-order valence-corrected chi connectivity index (χ3v) is 6.41. The summed E-state index contributed by atoms with van der Waals surface area (Å²) in [5.74, 6) is -1.68. The smallest absolute Gasteiger partial charge is 0.306 e. The molecule has 0 bridgehead atoms. The first kappa shape index (κ1) is 20.6. The molecule has 2 N–H and O–H groups in total. The molecule has 1 amide bonds. The van der Waals surface area contributed by atoms with Crippen molar-refractivity contribution in [2.75, 3.05) is 5.32 Å². The molecule has 0 aliphatic carbocycles. The van der Waals surface area contributed by atoms with Crippen molar-refractivity contribution < 1.29 is 23.1 Å². The number of amides is 1. The summed E-state index contributed by atoms with van der Waals surface area (Å²) in [5.41, 5.74) is 1.79. The van der Waals surface area contributed by atoms with Gasteiger partial charge in [0.15, 0.2) is 9.84 Å². The number of carbonyl (C=O) groups is 2. The van der Waals surface area contributed by atoms with Crippen LogP contribution in [0.15, 0.2) is 53.4 Å². The number of hydrogen-bond acceptors (Lipinski definition) is 4. The van der Waals surface area contributed by atoms with Crippen LogP contribution in [0.25, 0.3) is 0 Å². The van der Waals surface area contributed by atoms with Crippen molar-refractivity contribution in [1.29, 1.82) is 0 Å². The zero-order chi connectivity index (χ0) is 20.2. The summed E-state index contributed by atoms with van der Waals surface area (Å²) in [6.07, 6.45) is 0.412. The van der Waals surface area contributed by atoms with Crippen molar-refractivity contribution in [2.24, 2.45) is 5.92 Å². The van der Waals surface area contributed by atoms with E-state index < -0.39 is 27.0 Å². The number of nitrogens with one attached hydrogen (secondary N) is 1. The molecule has 0 fully saturated rings. The summed E-state index contributed by atoms with van der Waals surface area (Å²) in [6, 6.07) is 12.8. The molecule has 1 unspecified atom stereocenters. The molecule has 0 radical (unpaired) electrons. The Kier molecular flexibility index (Phi) is 6.38. The zero-order valence-corrected chi connectivity index (χ0v) is 16.3.